The maximum Gasteiger partial charge on any atom is 0.319 e. The van der Waals surface area contributed by atoms with Crippen LogP contribution in [0.2, 0.25) is 0 Å². The van der Waals surface area contributed by atoms with Crippen molar-refractivity contribution >= 4 is 17.7 Å². The Balaban J connectivity index is 1.55. The molecular formula is C39H70N4O8. The van der Waals surface area contributed by atoms with Crippen molar-refractivity contribution in [3.63, 3.8) is 0 Å². The van der Waals surface area contributed by atoms with Crippen LogP contribution in [0.25, 0.3) is 0 Å². The number of Topliss-reactive ketones (excluding diaryl/α,β-unsaturated/α-hetero) is 1. The number of likely N-dealkylation sites (tertiary alicyclic amines) is 1. The largest absolute Gasteiger partial charge is 0.463 e. The molecule has 51 heavy (non-hydrogen) atoms. The summed E-state index contributed by atoms with van der Waals surface area (Å²) in [4.78, 5) is 50.1. The van der Waals surface area contributed by atoms with E-state index in [0.29, 0.717) is 38.4 Å². The van der Waals surface area contributed by atoms with Gasteiger partial charge in [0.15, 0.2) is 17.9 Å². The summed E-state index contributed by atoms with van der Waals surface area (Å²) in [6, 6.07) is -0.116. The van der Waals surface area contributed by atoms with Crippen LogP contribution in [0.5, 0.6) is 0 Å². The van der Waals surface area contributed by atoms with Crippen molar-refractivity contribution < 1.29 is 38.1 Å². The zero-order chi connectivity index (χ0) is 38.2. The molecule has 0 bridgehead atoms. The van der Waals surface area contributed by atoms with Gasteiger partial charge in [-0.05, 0) is 72.6 Å². The number of rotatable bonds is 9. The molecule has 4 aliphatic rings. The van der Waals surface area contributed by atoms with Gasteiger partial charge in [0.25, 0.3) is 0 Å². The number of carbonyl (C=O) groups is 3. The molecule has 12 nitrogen and oxygen atoms in total. The van der Waals surface area contributed by atoms with Crippen molar-refractivity contribution in [2.75, 3.05) is 74.6 Å². The Bertz CT molecular complexity index is 1220. The highest BCUT2D eigenvalue weighted by molar-refractivity contribution is 6.04. The second kappa shape index (κ2) is 16.4. The van der Waals surface area contributed by atoms with Crippen LogP contribution in [-0.4, -0.2) is 154 Å². The third kappa shape index (κ3) is 9.53. The molecule has 0 spiro atoms. The van der Waals surface area contributed by atoms with E-state index in [1.54, 1.807) is 27.9 Å². The first-order chi connectivity index (χ1) is 23.6. The number of ether oxygens (including phenoxy) is 5. The molecule has 1 amide bonds. The third-order valence-electron chi connectivity index (χ3n) is 11.6. The van der Waals surface area contributed by atoms with Gasteiger partial charge in [0.2, 0.25) is 5.91 Å². The summed E-state index contributed by atoms with van der Waals surface area (Å²) in [6.07, 6.45) is -0.286. The molecule has 0 aliphatic carbocycles. The van der Waals surface area contributed by atoms with Crippen LogP contribution >= 0.6 is 0 Å². The average molecular weight is 723 g/mol. The number of fused-ring (bicyclic) bond motifs is 2. The van der Waals surface area contributed by atoms with Crippen LogP contribution < -0.4 is 0 Å². The molecule has 0 saturated carbocycles. The van der Waals surface area contributed by atoms with E-state index in [1.807, 2.05) is 25.9 Å². The van der Waals surface area contributed by atoms with Gasteiger partial charge in [-0.25, -0.2) is 0 Å². The first-order valence-electron chi connectivity index (χ1n) is 19.2. The van der Waals surface area contributed by atoms with E-state index in [9.17, 15) is 14.4 Å². The molecule has 4 rings (SSSR count). The molecule has 294 valence electrons. The van der Waals surface area contributed by atoms with Crippen molar-refractivity contribution in [3.8, 4) is 0 Å². The molecule has 0 N–H and O–H groups in total. The predicted octanol–water partition coefficient (Wildman–Crippen LogP) is 3.76. The second-order valence-electron chi connectivity index (χ2n) is 18.4. The molecule has 4 saturated heterocycles. The van der Waals surface area contributed by atoms with Crippen LogP contribution in [0.4, 0.5) is 0 Å². The number of methoxy groups -OCH3 is 1. The Kier molecular flexibility index (Phi) is 13.5. The molecule has 0 radical (unpaired) electrons. The van der Waals surface area contributed by atoms with E-state index in [0.717, 1.165) is 19.5 Å². The Hall–Kier alpha value is -1.67. The normalized spacial score (nSPS) is 36.1. The number of carbonyl (C=O) groups excluding carboxylic acids is 3. The molecule has 0 aromatic carbocycles. The zero-order valence-corrected chi connectivity index (χ0v) is 34.2. The molecular weight excluding hydrogens is 652 g/mol. The van der Waals surface area contributed by atoms with E-state index in [-0.39, 0.29) is 53.7 Å². The lowest BCUT2D eigenvalue weighted by Gasteiger charge is -2.55. The number of amides is 1. The SMILES string of the molecule is CO[C@]12C[C@@H](C)CN(C)C(C3CN(C(=O)CC(C)(C)CN(C)CC(C)C)C3)COC(=O)C(C)(C)C(=O)[C@H](C)[C@H]1O[C@@H]1O[C@H](C)C[C@H](N(C)C)[C@H]1O2. The minimum atomic E-state index is -1.44. The van der Waals surface area contributed by atoms with Gasteiger partial charge < -0.3 is 38.4 Å². The molecule has 4 fully saturated rings. The Morgan fingerprint density at radius 3 is 2.29 bits per heavy atom. The fourth-order valence-corrected chi connectivity index (χ4v) is 9.13. The van der Waals surface area contributed by atoms with Gasteiger partial charge in [-0.1, -0.05) is 41.5 Å². The third-order valence-corrected chi connectivity index (χ3v) is 11.6. The predicted molar refractivity (Wildman–Crippen MR) is 196 cm³/mol. The highest BCUT2D eigenvalue weighted by atomic mass is 16.8. The number of likely N-dealkylation sites (N-methyl/N-ethyl adjacent to an activating group) is 2. The van der Waals surface area contributed by atoms with Gasteiger partial charge >= 0.3 is 5.97 Å². The van der Waals surface area contributed by atoms with Crippen LogP contribution in [0, 0.1) is 34.5 Å². The van der Waals surface area contributed by atoms with Crippen LogP contribution in [0.1, 0.15) is 81.6 Å². The topological polar surface area (TPSA) is 110 Å². The van der Waals surface area contributed by atoms with Gasteiger partial charge in [-0.3, -0.25) is 19.3 Å². The number of cyclic esters (lactones) is 1. The van der Waals surface area contributed by atoms with E-state index < -0.39 is 41.6 Å². The molecule has 1 unspecified atom stereocenters. The van der Waals surface area contributed by atoms with E-state index in [1.165, 1.54) is 0 Å². The molecule has 4 heterocycles. The number of hydrogen-bond donors (Lipinski definition) is 0. The molecule has 0 aromatic heterocycles. The number of nitrogens with zero attached hydrogens (tertiary/aromatic N) is 4. The minimum absolute atomic E-state index is 0.0203. The van der Waals surface area contributed by atoms with E-state index >= 15 is 0 Å². The lowest BCUT2D eigenvalue weighted by Crippen LogP contribution is -2.69. The standard InChI is InChI=1S/C39H70N4O8/c1-24(2)18-41(12)23-37(6,7)17-31(44)43-20-28(21-43)30-22-48-36(46)38(8,9)33(45)27(5)34-39(47-14,16-25(3)19-42(30)13)51-32-29(40(10)11)15-26(4)49-35(32)50-34/h24-30,32,34-35H,15-23H2,1-14H3/t25-,26-,27+,29+,30?,32-,34-,35+,39+/m1/s1. The summed E-state index contributed by atoms with van der Waals surface area (Å²) in [6.45, 7) is 21.8. The minimum Gasteiger partial charge on any atom is -0.463 e. The number of ketones is 1. The summed E-state index contributed by atoms with van der Waals surface area (Å²) in [5.74, 6) is -1.99. The smallest absolute Gasteiger partial charge is 0.319 e. The van der Waals surface area contributed by atoms with E-state index in [2.05, 4.69) is 63.4 Å². The average Bonchev–Trinajstić information content (AvgIpc) is 2.98. The second-order valence-corrected chi connectivity index (χ2v) is 18.4. The summed E-state index contributed by atoms with van der Waals surface area (Å²) in [7, 11) is 9.84. The fraction of sp³-hybridized carbons (Fsp3) is 0.923. The van der Waals surface area contributed by atoms with Crippen molar-refractivity contribution in [3.05, 3.63) is 0 Å². The highest BCUT2D eigenvalue weighted by Gasteiger charge is 2.59. The Labute approximate surface area is 308 Å². The quantitative estimate of drug-likeness (QED) is 0.257. The summed E-state index contributed by atoms with van der Waals surface area (Å²) < 4.78 is 32.3. The Morgan fingerprint density at radius 1 is 1.06 bits per heavy atom. The highest BCUT2D eigenvalue weighted by Crippen LogP contribution is 2.45. The van der Waals surface area contributed by atoms with Gasteiger partial charge in [0.05, 0.1) is 6.10 Å². The maximum atomic E-state index is 14.3. The number of hydrogen-bond acceptors (Lipinski definition) is 11. The van der Waals surface area contributed by atoms with Gasteiger partial charge in [-0.15, -0.1) is 0 Å². The number of esters is 1. The van der Waals surface area contributed by atoms with Crippen molar-refractivity contribution in [1.82, 2.24) is 19.6 Å². The van der Waals surface area contributed by atoms with Crippen LogP contribution in [-0.2, 0) is 38.1 Å². The summed E-state index contributed by atoms with van der Waals surface area (Å²) in [5, 5.41) is 0. The first-order valence-corrected chi connectivity index (χ1v) is 19.2. The zero-order valence-electron chi connectivity index (χ0n) is 34.2. The van der Waals surface area contributed by atoms with Crippen LogP contribution in [0.15, 0.2) is 0 Å². The van der Waals surface area contributed by atoms with Gasteiger partial charge in [-0.2, -0.15) is 0 Å². The van der Waals surface area contributed by atoms with Crippen molar-refractivity contribution in [1.29, 1.82) is 0 Å². The molecule has 12 heteroatoms. The van der Waals surface area contributed by atoms with Crippen LogP contribution in [0.3, 0.4) is 0 Å². The Morgan fingerprint density at radius 2 is 1.71 bits per heavy atom. The lowest BCUT2D eigenvalue weighted by atomic mass is 9.76. The first kappa shape index (κ1) is 42.1. The van der Waals surface area contributed by atoms with Gasteiger partial charge in [0, 0.05) is 76.6 Å². The fourth-order valence-electron chi connectivity index (χ4n) is 9.13. The van der Waals surface area contributed by atoms with E-state index in [4.69, 9.17) is 23.7 Å². The molecule has 0 aromatic rings. The molecule has 9 atom stereocenters. The molecule has 4 aliphatic heterocycles. The van der Waals surface area contributed by atoms with Crippen molar-refractivity contribution in [2.24, 2.45) is 34.5 Å². The van der Waals surface area contributed by atoms with Crippen molar-refractivity contribution in [2.45, 2.75) is 124 Å². The summed E-state index contributed by atoms with van der Waals surface area (Å²) >= 11 is 0. The summed E-state index contributed by atoms with van der Waals surface area (Å²) in [5.41, 5.74) is -1.59. The maximum absolute atomic E-state index is 14.3. The van der Waals surface area contributed by atoms with Gasteiger partial charge in [0.1, 0.15) is 24.2 Å². The lowest BCUT2D eigenvalue weighted by molar-refractivity contribution is -0.424. The monoisotopic (exact) mass is 723 g/mol.